The zero-order valence-corrected chi connectivity index (χ0v) is 19.9. The first-order valence-corrected chi connectivity index (χ1v) is 11.5. The number of ether oxygens (including phenoxy) is 2. The van der Waals surface area contributed by atoms with Crippen LogP contribution >= 0.6 is 0 Å². The number of nitriles is 1. The predicted molar refractivity (Wildman–Crippen MR) is 129 cm³/mol. The Labute approximate surface area is 196 Å². The summed E-state index contributed by atoms with van der Waals surface area (Å²) >= 11 is 0. The topological polar surface area (TPSA) is 83.4 Å². The minimum absolute atomic E-state index is 0.0405. The van der Waals surface area contributed by atoms with E-state index in [0.717, 1.165) is 30.4 Å². The average molecular weight is 448 g/mol. The van der Waals surface area contributed by atoms with E-state index in [1.165, 1.54) is 30.2 Å². The van der Waals surface area contributed by atoms with Gasteiger partial charge < -0.3 is 20.1 Å². The predicted octanol–water partition coefficient (Wildman–Crippen LogP) is 4.91. The number of aryl methyl sites for hydroxylation is 2. The van der Waals surface area contributed by atoms with E-state index in [9.17, 15) is 10.1 Å². The average Bonchev–Trinajstić information content (AvgIpc) is 2.86. The van der Waals surface area contributed by atoms with Crippen LogP contribution in [0.3, 0.4) is 0 Å². The Morgan fingerprint density at radius 3 is 2.42 bits per heavy atom. The molecule has 2 N–H and O–H groups in total. The number of nitrogens with zero attached hydrogens (tertiary/aromatic N) is 1. The van der Waals surface area contributed by atoms with E-state index in [1.54, 1.807) is 14.2 Å². The van der Waals surface area contributed by atoms with Crippen LogP contribution in [-0.4, -0.2) is 20.1 Å². The summed E-state index contributed by atoms with van der Waals surface area (Å²) in [5.74, 6) is 0.893. The molecule has 0 spiro atoms. The van der Waals surface area contributed by atoms with E-state index in [4.69, 9.17) is 9.47 Å². The summed E-state index contributed by atoms with van der Waals surface area (Å²) in [5.41, 5.74) is 4.88. The zero-order valence-electron chi connectivity index (χ0n) is 19.9. The van der Waals surface area contributed by atoms with Crippen molar-refractivity contribution in [2.24, 2.45) is 0 Å². The van der Waals surface area contributed by atoms with Gasteiger partial charge in [-0.15, -0.1) is 0 Å². The number of fused-ring (bicyclic) bond motifs is 1. The fourth-order valence-electron chi connectivity index (χ4n) is 4.20. The van der Waals surface area contributed by atoms with Crippen LogP contribution in [0.2, 0.25) is 0 Å². The number of nitrogens with one attached hydrogen (secondary N) is 2. The molecular formula is C27H33N3O3. The zero-order chi connectivity index (χ0) is 23.8. The van der Waals surface area contributed by atoms with Crippen LogP contribution in [0, 0.1) is 11.3 Å². The van der Waals surface area contributed by atoms with E-state index >= 15 is 0 Å². The summed E-state index contributed by atoms with van der Waals surface area (Å²) in [6.45, 7) is 3.99. The van der Waals surface area contributed by atoms with E-state index in [0.29, 0.717) is 11.5 Å². The Hall–Kier alpha value is -3.46. The van der Waals surface area contributed by atoms with Crippen LogP contribution in [0.4, 0.5) is 0 Å². The van der Waals surface area contributed by atoms with Crippen molar-refractivity contribution in [1.82, 2.24) is 10.6 Å². The molecule has 2 atom stereocenters. The number of hydrogen-bond acceptors (Lipinski definition) is 5. The molecule has 0 aromatic heterocycles. The number of benzene rings is 2. The summed E-state index contributed by atoms with van der Waals surface area (Å²) in [7, 11) is 3.18. The first-order chi connectivity index (χ1) is 16.0. The maximum absolute atomic E-state index is 12.9. The lowest BCUT2D eigenvalue weighted by Crippen LogP contribution is -2.30. The summed E-state index contributed by atoms with van der Waals surface area (Å²) in [5, 5.41) is 15.8. The van der Waals surface area contributed by atoms with Crippen molar-refractivity contribution in [3.63, 3.8) is 0 Å². The number of amides is 1. The molecule has 6 heteroatoms. The van der Waals surface area contributed by atoms with Gasteiger partial charge >= 0.3 is 0 Å². The number of methoxy groups -OCH3 is 2. The minimum Gasteiger partial charge on any atom is -0.493 e. The number of rotatable bonds is 9. The molecule has 0 radical (unpaired) electrons. The second-order valence-electron chi connectivity index (χ2n) is 8.34. The second-order valence-corrected chi connectivity index (χ2v) is 8.34. The Bertz CT molecular complexity index is 1060. The molecule has 33 heavy (non-hydrogen) atoms. The van der Waals surface area contributed by atoms with Crippen molar-refractivity contribution in [2.75, 3.05) is 14.2 Å². The molecule has 2 unspecified atom stereocenters. The van der Waals surface area contributed by atoms with Crippen molar-refractivity contribution in [1.29, 1.82) is 5.26 Å². The van der Waals surface area contributed by atoms with Crippen molar-refractivity contribution in [3.05, 3.63) is 70.4 Å². The molecule has 3 rings (SSSR count). The van der Waals surface area contributed by atoms with Crippen LogP contribution in [0.25, 0.3) is 0 Å². The van der Waals surface area contributed by atoms with Gasteiger partial charge in [0.1, 0.15) is 11.6 Å². The normalized spacial score (nSPS) is 14.9. The first-order valence-electron chi connectivity index (χ1n) is 11.5. The minimum atomic E-state index is -0.380. The van der Waals surface area contributed by atoms with Crippen LogP contribution in [-0.2, 0) is 17.6 Å². The van der Waals surface area contributed by atoms with Crippen molar-refractivity contribution in [3.8, 4) is 17.6 Å². The molecule has 0 bridgehead atoms. The van der Waals surface area contributed by atoms with E-state index in [-0.39, 0.29) is 23.6 Å². The maximum atomic E-state index is 12.9. The summed E-state index contributed by atoms with van der Waals surface area (Å²) in [6, 6.07) is 13.9. The molecule has 2 aromatic carbocycles. The monoisotopic (exact) mass is 447 g/mol. The summed E-state index contributed by atoms with van der Waals surface area (Å²) in [4.78, 5) is 12.9. The van der Waals surface area contributed by atoms with Crippen LogP contribution in [0.15, 0.2) is 48.2 Å². The van der Waals surface area contributed by atoms with Crippen molar-refractivity contribution >= 4 is 5.91 Å². The van der Waals surface area contributed by atoms with Crippen LogP contribution in [0.5, 0.6) is 11.5 Å². The molecule has 0 saturated heterocycles. The Morgan fingerprint density at radius 1 is 1.06 bits per heavy atom. The van der Waals surface area contributed by atoms with Gasteiger partial charge in [0, 0.05) is 12.2 Å². The van der Waals surface area contributed by atoms with Gasteiger partial charge in [-0.25, -0.2) is 0 Å². The highest BCUT2D eigenvalue weighted by atomic mass is 16.5. The molecule has 2 aromatic rings. The van der Waals surface area contributed by atoms with Crippen molar-refractivity contribution < 1.29 is 14.3 Å². The molecule has 1 aliphatic rings. The third-order valence-electron chi connectivity index (χ3n) is 6.24. The summed E-state index contributed by atoms with van der Waals surface area (Å²) in [6.07, 6.45) is 6.91. The van der Waals surface area contributed by atoms with Gasteiger partial charge in [0.2, 0.25) is 0 Å². The fraction of sp³-hybridized carbons (Fsp3) is 0.407. The Kier molecular flexibility index (Phi) is 8.37. The Morgan fingerprint density at radius 2 is 1.76 bits per heavy atom. The molecule has 1 aliphatic carbocycles. The van der Waals surface area contributed by atoms with Gasteiger partial charge in [0.15, 0.2) is 11.5 Å². The largest absolute Gasteiger partial charge is 0.493 e. The molecule has 174 valence electrons. The quantitative estimate of drug-likeness (QED) is 0.422. The highest BCUT2D eigenvalue weighted by molar-refractivity contribution is 5.97. The fourth-order valence-corrected chi connectivity index (χ4v) is 4.20. The van der Waals surface area contributed by atoms with Crippen molar-refractivity contribution in [2.45, 2.75) is 58.0 Å². The van der Waals surface area contributed by atoms with Crippen LogP contribution in [0.1, 0.15) is 67.4 Å². The number of carbonyl (C=O) groups is 1. The standard InChI is InChI=1S/C27H33N3O3/c1-5-24(22-11-10-19-8-6-7-9-21(19)14-22)30-27(31)23(16-28)17-29-18(2)20-12-13-25(32-3)26(15-20)33-4/h10-15,17-18,24,29H,5-9H2,1-4H3,(H,30,31)/b23-17-. The molecule has 0 saturated carbocycles. The lowest BCUT2D eigenvalue weighted by Gasteiger charge is -2.22. The molecule has 0 aliphatic heterocycles. The van der Waals surface area contributed by atoms with Gasteiger partial charge in [0.25, 0.3) is 5.91 Å². The van der Waals surface area contributed by atoms with E-state index in [1.807, 2.05) is 38.1 Å². The summed E-state index contributed by atoms with van der Waals surface area (Å²) < 4.78 is 10.6. The molecule has 0 heterocycles. The third kappa shape index (κ3) is 5.87. The SMILES string of the molecule is CCC(NC(=O)/C(C#N)=C\NC(C)c1ccc(OC)c(OC)c1)c1ccc2c(c1)CCCC2. The van der Waals surface area contributed by atoms with Gasteiger partial charge in [-0.1, -0.05) is 31.2 Å². The lowest BCUT2D eigenvalue weighted by molar-refractivity contribution is -0.117. The second kappa shape index (κ2) is 11.4. The van der Waals surface area contributed by atoms with E-state index in [2.05, 4.69) is 28.8 Å². The smallest absolute Gasteiger partial charge is 0.263 e. The van der Waals surface area contributed by atoms with E-state index < -0.39 is 0 Å². The lowest BCUT2D eigenvalue weighted by atomic mass is 9.88. The molecule has 6 nitrogen and oxygen atoms in total. The number of carbonyl (C=O) groups excluding carboxylic acids is 1. The van der Waals surface area contributed by atoms with Crippen LogP contribution < -0.4 is 20.1 Å². The highest BCUT2D eigenvalue weighted by Gasteiger charge is 2.19. The number of hydrogen-bond donors (Lipinski definition) is 2. The highest BCUT2D eigenvalue weighted by Crippen LogP contribution is 2.30. The third-order valence-corrected chi connectivity index (χ3v) is 6.24. The van der Waals surface area contributed by atoms with Gasteiger partial charge in [0.05, 0.1) is 20.3 Å². The Balaban J connectivity index is 1.69. The molecular weight excluding hydrogens is 414 g/mol. The van der Waals surface area contributed by atoms with Gasteiger partial charge in [-0.05, 0) is 73.4 Å². The molecule has 0 fully saturated rings. The van der Waals surface area contributed by atoms with Gasteiger partial charge in [-0.2, -0.15) is 5.26 Å². The van der Waals surface area contributed by atoms with Gasteiger partial charge in [-0.3, -0.25) is 4.79 Å². The maximum Gasteiger partial charge on any atom is 0.263 e. The first kappa shape index (κ1) is 24.2. The molecule has 1 amide bonds.